The van der Waals surface area contributed by atoms with Gasteiger partial charge in [-0.2, -0.15) is 18.4 Å². The highest BCUT2D eigenvalue weighted by atomic mass is 35.5. The van der Waals surface area contributed by atoms with Gasteiger partial charge in [0.2, 0.25) is 0 Å². The van der Waals surface area contributed by atoms with Gasteiger partial charge in [-0.05, 0) is 47.9 Å². The van der Waals surface area contributed by atoms with Crippen LogP contribution < -0.4 is 10.4 Å². The van der Waals surface area contributed by atoms with E-state index in [1.54, 1.807) is 23.5 Å². The van der Waals surface area contributed by atoms with E-state index in [1.807, 2.05) is 6.92 Å². The molecule has 9 heteroatoms. The molecule has 1 heterocycles. The molecular formula is C21H17Cl2F3N4. The molecule has 0 amide bonds. The van der Waals surface area contributed by atoms with Crippen molar-refractivity contribution in [2.75, 3.05) is 5.01 Å². The molecule has 0 radical (unpaired) electrons. The number of allylic oxidation sites excluding steroid dienone is 1. The molecule has 3 rings (SSSR count). The van der Waals surface area contributed by atoms with Gasteiger partial charge in [-0.25, -0.2) is 4.99 Å². The molecule has 0 spiro atoms. The number of nitrogens with one attached hydrogen (secondary N) is 1. The second kappa shape index (κ2) is 8.99. The molecule has 1 N–H and O–H groups in total. The maximum Gasteiger partial charge on any atom is 0.399 e. The Kier molecular flexibility index (Phi) is 6.59. The first-order valence-corrected chi connectivity index (χ1v) is 9.80. The van der Waals surface area contributed by atoms with Crippen molar-refractivity contribution >= 4 is 41.3 Å². The normalized spacial score (nSPS) is 17.2. The highest BCUT2D eigenvalue weighted by molar-refractivity contribution is 6.34. The van der Waals surface area contributed by atoms with Crippen LogP contribution in [0.25, 0.3) is 6.08 Å². The van der Waals surface area contributed by atoms with E-state index in [0.717, 1.165) is 12.5 Å². The van der Waals surface area contributed by atoms with Crippen molar-refractivity contribution in [2.45, 2.75) is 31.6 Å². The van der Waals surface area contributed by atoms with Crippen LogP contribution in [0.1, 0.15) is 36.0 Å². The van der Waals surface area contributed by atoms with Crippen molar-refractivity contribution < 1.29 is 13.2 Å². The molecule has 30 heavy (non-hydrogen) atoms. The molecule has 2 aromatic rings. The van der Waals surface area contributed by atoms with Crippen molar-refractivity contribution in [1.82, 2.24) is 5.43 Å². The molecule has 2 unspecified atom stereocenters. The summed E-state index contributed by atoms with van der Waals surface area (Å²) in [5.41, 5.74) is 4.30. The molecule has 2 aromatic carbocycles. The first-order valence-electron chi connectivity index (χ1n) is 9.05. The van der Waals surface area contributed by atoms with Crippen LogP contribution in [0.3, 0.4) is 0 Å². The number of nitriles is 1. The SMILES string of the molecule is CCC1N=CNN1c1ccc(C=CC(c2cc(Cl)cc(Cl)c2)C(F)(F)F)cc1C#N. The standard InChI is InChI=1S/C21H17Cl2F3N4/c1-2-20-28-12-29-30(20)19-6-4-13(7-15(19)11-27)3-5-18(21(24,25)26)14-8-16(22)10-17(23)9-14/h3-10,12,18,20H,2H2,1H3,(H,28,29). The summed E-state index contributed by atoms with van der Waals surface area (Å²) >= 11 is 11.7. The summed E-state index contributed by atoms with van der Waals surface area (Å²) in [6, 6.07) is 10.8. The molecule has 1 aliphatic rings. The lowest BCUT2D eigenvalue weighted by molar-refractivity contribution is -0.139. The van der Waals surface area contributed by atoms with E-state index in [9.17, 15) is 18.4 Å². The second-order valence-electron chi connectivity index (χ2n) is 6.64. The summed E-state index contributed by atoms with van der Waals surface area (Å²) < 4.78 is 40.9. The Morgan fingerprint density at radius 3 is 2.53 bits per heavy atom. The fourth-order valence-corrected chi connectivity index (χ4v) is 3.72. The number of halogens is 5. The fraction of sp³-hybridized carbons (Fsp3) is 0.238. The van der Waals surface area contributed by atoms with E-state index in [0.29, 0.717) is 16.8 Å². The number of rotatable bonds is 5. The zero-order valence-corrected chi connectivity index (χ0v) is 17.3. The van der Waals surface area contributed by atoms with Crippen LogP contribution in [0.2, 0.25) is 10.0 Å². The number of hydrogen-bond donors (Lipinski definition) is 1. The summed E-state index contributed by atoms with van der Waals surface area (Å²) in [7, 11) is 0. The van der Waals surface area contributed by atoms with Crippen molar-refractivity contribution in [3.05, 3.63) is 69.2 Å². The van der Waals surface area contributed by atoms with Gasteiger partial charge in [0, 0.05) is 10.0 Å². The molecule has 2 atom stereocenters. The van der Waals surface area contributed by atoms with Gasteiger partial charge in [-0.15, -0.1) is 0 Å². The van der Waals surface area contributed by atoms with Gasteiger partial charge in [0.15, 0.2) is 0 Å². The number of anilines is 1. The predicted octanol–water partition coefficient (Wildman–Crippen LogP) is 6.31. The van der Waals surface area contributed by atoms with Gasteiger partial charge >= 0.3 is 6.18 Å². The van der Waals surface area contributed by atoms with Gasteiger partial charge in [-0.1, -0.05) is 48.3 Å². The predicted molar refractivity (Wildman–Crippen MR) is 114 cm³/mol. The molecule has 0 saturated carbocycles. The first-order chi connectivity index (χ1) is 14.2. The van der Waals surface area contributed by atoms with E-state index in [1.165, 1.54) is 30.3 Å². The summed E-state index contributed by atoms with van der Waals surface area (Å²) in [5, 5.41) is 11.5. The quantitative estimate of drug-likeness (QED) is 0.577. The van der Waals surface area contributed by atoms with Gasteiger partial charge in [-0.3, -0.25) is 10.4 Å². The topological polar surface area (TPSA) is 51.4 Å². The highest BCUT2D eigenvalue weighted by Gasteiger charge is 2.39. The van der Waals surface area contributed by atoms with Crippen molar-refractivity contribution in [1.29, 1.82) is 5.26 Å². The summed E-state index contributed by atoms with van der Waals surface area (Å²) in [6.07, 6.45) is -0.0417. The highest BCUT2D eigenvalue weighted by Crippen LogP contribution is 2.38. The van der Waals surface area contributed by atoms with E-state index >= 15 is 0 Å². The zero-order chi connectivity index (χ0) is 21.9. The van der Waals surface area contributed by atoms with Crippen LogP contribution in [0.5, 0.6) is 0 Å². The Bertz CT molecular complexity index is 1010. The van der Waals surface area contributed by atoms with E-state index in [4.69, 9.17) is 23.2 Å². The molecule has 1 aliphatic heterocycles. The Morgan fingerprint density at radius 1 is 1.23 bits per heavy atom. The lowest BCUT2D eigenvalue weighted by Gasteiger charge is -2.25. The summed E-state index contributed by atoms with van der Waals surface area (Å²) in [4.78, 5) is 4.26. The molecule has 0 saturated heterocycles. The van der Waals surface area contributed by atoms with Crippen LogP contribution in [0.15, 0.2) is 47.5 Å². The smallest absolute Gasteiger partial charge is 0.286 e. The number of hydrazine groups is 1. The number of nitrogens with zero attached hydrogens (tertiary/aromatic N) is 3. The Hall–Kier alpha value is -2.69. The number of alkyl halides is 3. The lowest BCUT2D eigenvalue weighted by Crippen LogP contribution is -2.38. The zero-order valence-electron chi connectivity index (χ0n) is 15.8. The van der Waals surface area contributed by atoms with Crippen molar-refractivity contribution in [3.8, 4) is 6.07 Å². The number of aliphatic imine (C=N–C) groups is 1. The van der Waals surface area contributed by atoms with Crippen LogP contribution in [-0.4, -0.2) is 18.7 Å². The fourth-order valence-electron chi connectivity index (χ4n) is 3.18. The minimum atomic E-state index is -4.53. The molecule has 0 fully saturated rings. The van der Waals surface area contributed by atoms with Crippen LogP contribution in [0, 0.1) is 11.3 Å². The molecular weight excluding hydrogens is 436 g/mol. The maximum atomic E-state index is 13.6. The monoisotopic (exact) mass is 452 g/mol. The molecule has 156 valence electrons. The Labute approximate surface area is 182 Å². The molecule has 4 nitrogen and oxygen atoms in total. The summed E-state index contributed by atoms with van der Waals surface area (Å²) in [6.45, 7) is 1.96. The van der Waals surface area contributed by atoms with Crippen LogP contribution >= 0.6 is 23.2 Å². The Balaban J connectivity index is 1.92. The van der Waals surface area contributed by atoms with Gasteiger partial charge in [0.25, 0.3) is 0 Å². The third kappa shape index (κ3) is 4.89. The first kappa shape index (κ1) is 22.0. The third-order valence-electron chi connectivity index (χ3n) is 4.58. The molecule has 0 aromatic heterocycles. The van der Waals surface area contributed by atoms with E-state index in [-0.39, 0.29) is 21.8 Å². The van der Waals surface area contributed by atoms with E-state index < -0.39 is 12.1 Å². The minimum absolute atomic E-state index is 0.0578. The minimum Gasteiger partial charge on any atom is -0.286 e. The summed E-state index contributed by atoms with van der Waals surface area (Å²) in [5.74, 6) is -1.89. The number of benzene rings is 2. The maximum absolute atomic E-state index is 13.6. The average Bonchev–Trinajstić information content (AvgIpc) is 3.14. The van der Waals surface area contributed by atoms with Crippen molar-refractivity contribution in [3.63, 3.8) is 0 Å². The molecule has 0 bridgehead atoms. The van der Waals surface area contributed by atoms with Gasteiger partial charge in [0.1, 0.15) is 18.6 Å². The second-order valence-corrected chi connectivity index (χ2v) is 7.51. The van der Waals surface area contributed by atoms with Crippen LogP contribution in [-0.2, 0) is 0 Å². The lowest BCUT2D eigenvalue weighted by atomic mass is 9.96. The number of hydrogen-bond acceptors (Lipinski definition) is 4. The molecule has 0 aliphatic carbocycles. The third-order valence-corrected chi connectivity index (χ3v) is 5.02. The van der Waals surface area contributed by atoms with Crippen LogP contribution in [0.4, 0.5) is 18.9 Å². The van der Waals surface area contributed by atoms with Gasteiger partial charge in [0.05, 0.1) is 17.2 Å². The van der Waals surface area contributed by atoms with E-state index in [2.05, 4.69) is 16.5 Å². The van der Waals surface area contributed by atoms with Gasteiger partial charge < -0.3 is 0 Å². The average molecular weight is 453 g/mol. The Morgan fingerprint density at radius 2 is 1.93 bits per heavy atom. The largest absolute Gasteiger partial charge is 0.399 e. The van der Waals surface area contributed by atoms with Crippen molar-refractivity contribution in [2.24, 2.45) is 4.99 Å².